The maximum Gasteiger partial charge on any atom is 0.134 e. The van der Waals surface area contributed by atoms with Gasteiger partial charge in [-0.15, -0.1) is 0 Å². The van der Waals surface area contributed by atoms with Gasteiger partial charge in [0.2, 0.25) is 0 Å². The average Bonchev–Trinajstić information content (AvgIpc) is 2.90. The number of fused-ring (bicyclic) bond motifs is 1. The summed E-state index contributed by atoms with van der Waals surface area (Å²) in [6, 6.07) is 7.97. The van der Waals surface area contributed by atoms with E-state index in [1.54, 1.807) is 7.11 Å². The quantitative estimate of drug-likeness (QED) is 0.905. The number of β-amino-alcohol motifs (C(OH)–C–C–N with tert-alkyl or cyclic N) is 1. The van der Waals surface area contributed by atoms with Crippen molar-refractivity contribution in [3.8, 4) is 5.75 Å². The van der Waals surface area contributed by atoms with Gasteiger partial charge in [-0.3, -0.25) is 9.80 Å². The van der Waals surface area contributed by atoms with Crippen LogP contribution in [0, 0.1) is 0 Å². The summed E-state index contributed by atoms with van der Waals surface area (Å²) in [5.74, 6) is 1.85. The molecule has 0 aliphatic carbocycles. The Bertz CT molecular complexity index is 588. The van der Waals surface area contributed by atoms with Gasteiger partial charge in [0.05, 0.1) is 20.3 Å². The molecule has 2 heterocycles. The number of hydrogen-bond acceptors (Lipinski definition) is 5. The zero-order chi connectivity index (χ0) is 14.7. The second-order valence-corrected chi connectivity index (χ2v) is 5.46. The van der Waals surface area contributed by atoms with Crippen LogP contribution in [0.15, 0.2) is 28.7 Å². The molecule has 1 aliphatic heterocycles. The van der Waals surface area contributed by atoms with Gasteiger partial charge in [0, 0.05) is 38.1 Å². The molecule has 0 spiro atoms. The SMILES string of the molecule is COc1ccc2oc(CN3CCN(CCO)CC3)cc2c1. The van der Waals surface area contributed by atoms with Crippen molar-refractivity contribution in [2.24, 2.45) is 0 Å². The molecule has 0 saturated carbocycles. The summed E-state index contributed by atoms with van der Waals surface area (Å²) in [6.45, 7) is 5.90. The van der Waals surface area contributed by atoms with Crippen molar-refractivity contribution in [1.82, 2.24) is 9.80 Å². The standard InChI is InChI=1S/C16H22N2O3/c1-20-14-2-3-16-13(10-14)11-15(21-16)12-18-6-4-17(5-7-18)8-9-19/h2-3,10-11,19H,4-9,12H2,1H3. The van der Waals surface area contributed by atoms with E-state index >= 15 is 0 Å². The fraction of sp³-hybridized carbons (Fsp3) is 0.500. The van der Waals surface area contributed by atoms with Crippen LogP contribution in [0.4, 0.5) is 0 Å². The number of hydrogen-bond donors (Lipinski definition) is 1. The molecule has 1 aliphatic rings. The molecule has 0 amide bonds. The van der Waals surface area contributed by atoms with Gasteiger partial charge in [0.15, 0.2) is 0 Å². The molecule has 1 aromatic heterocycles. The Hall–Kier alpha value is -1.56. The van der Waals surface area contributed by atoms with Crippen LogP contribution in [0.1, 0.15) is 5.76 Å². The van der Waals surface area contributed by atoms with E-state index in [2.05, 4.69) is 15.9 Å². The highest BCUT2D eigenvalue weighted by Gasteiger charge is 2.17. The van der Waals surface area contributed by atoms with E-state index in [-0.39, 0.29) is 6.61 Å². The first-order valence-corrected chi connectivity index (χ1v) is 7.40. The highest BCUT2D eigenvalue weighted by molar-refractivity contribution is 5.79. The van der Waals surface area contributed by atoms with Crippen molar-refractivity contribution in [3.63, 3.8) is 0 Å². The van der Waals surface area contributed by atoms with Gasteiger partial charge in [-0.2, -0.15) is 0 Å². The van der Waals surface area contributed by atoms with Crippen molar-refractivity contribution in [2.45, 2.75) is 6.54 Å². The average molecular weight is 290 g/mol. The summed E-state index contributed by atoms with van der Waals surface area (Å²) in [6.07, 6.45) is 0. The first-order chi connectivity index (χ1) is 10.3. The van der Waals surface area contributed by atoms with Gasteiger partial charge in [0.1, 0.15) is 17.1 Å². The van der Waals surface area contributed by atoms with Gasteiger partial charge in [-0.05, 0) is 24.3 Å². The molecule has 0 atom stereocenters. The molecule has 1 aromatic carbocycles. The predicted octanol–water partition coefficient (Wildman–Crippen LogP) is 1.55. The number of rotatable bonds is 5. The fourth-order valence-corrected chi connectivity index (χ4v) is 2.81. The lowest BCUT2D eigenvalue weighted by molar-refractivity contribution is 0.104. The number of furan rings is 1. The third-order valence-corrected chi connectivity index (χ3v) is 4.04. The summed E-state index contributed by atoms with van der Waals surface area (Å²) in [5, 5.41) is 10.0. The van der Waals surface area contributed by atoms with Crippen molar-refractivity contribution >= 4 is 11.0 Å². The van der Waals surface area contributed by atoms with E-state index in [4.69, 9.17) is 14.3 Å². The summed E-state index contributed by atoms with van der Waals surface area (Å²) in [7, 11) is 1.67. The number of aliphatic hydroxyl groups is 1. The lowest BCUT2D eigenvalue weighted by Crippen LogP contribution is -2.46. The Morgan fingerprint density at radius 1 is 1.14 bits per heavy atom. The Morgan fingerprint density at radius 3 is 2.62 bits per heavy atom. The summed E-state index contributed by atoms with van der Waals surface area (Å²) < 4.78 is 11.1. The lowest BCUT2D eigenvalue weighted by Gasteiger charge is -2.33. The van der Waals surface area contributed by atoms with Crippen LogP contribution in [-0.4, -0.2) is 61.3 Å². The van der Waals surface area contributed by atoms with E-state index < -0.39 is 0 Å². The van der Waals surface area contributed by atoms with Crippen LogP contribution >= 0.6 is 0 Å². The maximum absolute atomic E-state index is 8.96. The zero-order valence-electron chi connectivity index (χ0n) is 12.4. The van der Waals surface area contributed by atoms with E-state index in [1.165, 1.54) is 0 Å². The largest absolute Gasteiger partial charge is 0.497 e. The Kier molecular flexibility index (Phi) is 4.43. The number of piperazine rings is 1. The molecular formula is C16H22N2O3. The van der Waals surface area contributed by atoms with Gasteiger partial charge in [-0.1, -0.05) is 0 Å². The topological polar surface area (TPSA) is 49.1 Å². The summed E-state index contributed by atoms with van der Waals surface area (Å²) in [4.78, 5) is 4.68. The second kappa shape index (κ2) is 6.47. The molecule has 3 rings (SSSR count). The molecular weight excluding hydrogens is 268 g/mol. The molecule has 1 saturated heterocycles. The van der Waals surface area contributed by atoms with Crippen LogP contribution in [0.5, 0.6) is 5.75 Å². The molecule has 5 nitrogen and oxygen atoms in total. The first-order valence-electron chi connectivity index (χ1n) is 7.40. The van der Waals surface area contributed by atoms with Crippen LogP contribution in [-0.2, 0) is 6.54 Å². The minimum absolute atomic E-state index is 0.241. The van der Waals surface area contributed by atoms with Crippen molar-refractivity contribution in [3.05, 3.63) is 30.0 Å². The molecule has 1 fully saturated rings. The number of ether oxygens (including phenoxy) is 1. The molecule has 114 valence electrons. The van der Waals surface area contributed by atoms with Gasteiger partial charge < -0.3 is 14.3 Å². The molecule has 2 aromatic rings. The number of methoxy groups -OCH3 is 1. The Labute approximate surface area is 124 Å². The molecule has 1 N–H and O–H groups in total. The second-order valence-electron chi connectivity index (χ2n) is 5.46. The monoisotopic (exact) mass is 290 g/mol. The van der Waals surface area contributed by atoms with Crippen LogP contribution in [0.25, 0.3) is 11.0 Å². The minimum Gasteiger partial charge on any atom is -0.497 e. The molecule has 0 radical (unpaired) electrons. The first kappa shape index (κ1) is 14.4. The Balaban J connectivity index is 1.63. The van der Waals surface area contributed by atoms with Gasteiger partial charge in [0.25, 0.3) is 0 Å². The van der Waals surface area contributed by atoms with Crippen LogP contribution in [0.3, 0.4) is 0 Å². The number of nitrogens with zero attached hydrogens (tertiary/aromatic N) is 2. The minimum atomic E-state index is 0.241. The van der Waals surface area contributed by atoms with Crippen molar-refractivity contribution in [2.75, 3.05) is 46.4 Å². The molecule has 0 bridgehead atoms. The zero-order valence-corrected chi connectivity index (χ0v) is 12.4. The van der Waals surface area contributed by atoms with Crippen molar-refractivity contribution in [1.29, 1.82) is 0 Å². The molecule has 0 unspecified atom stereocenters. The molecule has 21 heavy (non-hydrogen) atoms. The molecule has 5 heteroatoms. The smallest absolute Gasteiger partial charge is 0.134 e. The third-order valence-electron chi connectivity index (χ3n) is 4.04. The lowest BCUT2D eigenvalue weighted by atomic mass is 10.2. The van der Waals surface area contributed by atoms with Gasteiger partial charge in [-0.25, -0.2) is 0 Å². The van der Waals surface area contributed by atoms with E-state index in [1.807, 2.05) is 18.2 Å². The summed E-state index contributed by atoms with van der Waals surface area (Å²) >= 11 is 0. The van der Waals surface area contributed by atoms with Crippen molar-refractivity contribution < 1.29 is 14.3 Å². The van der Waals surface area contributed by atoms with Gasteiger partial charge >= 0.3 is 0 Å². The van der Waals surface area contributed by atoms with Crippen LogP contribution < -0.4 is 4.74 Å². The fourth-order valence-electron chi connectivity index (χ4n) is 2.81. The normalized spacial score (nSPS) is 17.4. The van der Waals surface area contributed by atoms with E-state index in [0.717, 1.165) is 61.7 Å². The number of aliphatic hydroxyl groups excluding tert-OH is 1. The maximum atomic E-state index is 8.96. The highest BCUT2D eigenvalue weighted by atomic mass is 16.5. The Morgan fingerprint density at radius 2 is 1.90 bits per heavy atom. The third kappa shape index (κ3) is 3.37. The van der Waals surface area contributed by atoms with E-state index in [0.29, 0.717) is 0 Å². The van der Waals surface area contributed by atoms with E-state index in [9.17, 15) is 0 Å². The number of benzene rings is 1. The highest BCUT2D eigenvalue weighted by Crippen LogP contribution is 2.25. The predicted molar refractivity (Wildman–Crippen MR) is 81.6 cm³/mol. The summed E-state index contributed by atoms with van der Waals surface area (Å²) in [5.41, 5.74) is 0.907. The van der Waals surface area contributed by atoms with Crippen LogP contribution in [0.2, 0.25) is 0 Å².